The second-order valence-electron chi connectivity index (χ2n) is 2.90. The third-order valence-electron chi connectivity index (χ3n) is 1.33. The van der Waals surface area contributed by atoms with Crippen LogP contribution < -0.4 is 10.1 Å². The first-order valence-corrected chi connectivity index (χ1v) is 5.28. The highest BCUT2D eigenvalue weighted by atomic mass is 32.2. The lowest BCUT2D eigenvalue weighted by molar-refractivity contribution is 0.361. The SMILES string of the molecule is CNCC(C)S(=O)(=O)NN(C)C. The molecule has 1 unspecified atom stereocenters. The van der Waals surface area contributed by atoms with Crippen LogP contribution in [-0.2, 0) is 10.0 Å². The molecule has 0 spiro atoms. The maximum absolute atomic E-state index is 11.3. The molecular weight excluding hydrogens is 178 g/mol. The molecule has 0 aliphatic heterocycles. The number of rotatable bonds is 5. The molecule has 0 fully saturated rings. The van der Waals surface area contributed by atoms with Crippen LogP contribution in [0.3, 0.4) is 0 Å². The topological polar surface area (TPSA) is 61.4 Å². The Morgan fingerprint density at radius 2 is 1.92 bits per heavy atom. The van der Waals surface area contributed by atoms with Gasteiger partial charge < -0.3 is 5.32 Å². The zero-order valence-electron chi connectivity index (χ0n) is 7.96. The Balaban J connectivity index is 4.20. The Morgan fingerprint density at radius 3 is 2.25 bits per heavy atom. The first-order valence-electron chi connectivity index (χ1n) is 3.73. The quantitative estimate of drug-likeness (QED) is 0.552. The molecule has 0 aromatic heterocycles. The highest BCUT2D eigenvalue weighted by Crippen LogP contribution is 1.95. The molecule has 1 atom stereocenters. The van der Waals surface area contributed by atoms with E-state index in [1.54, 1.807) is 28.1 Å². The van der Waals surface area contributed by atoms with Crippen molar-refractivity contribution in [1.82, 2.24) is 15.2 Å². The van der Waals surface area contributed by atoms with Crippen LogP contribution in [0, 0.1) is 0 Å². The van der Waals surface area contributed by atoms with Crippen LogP contribution >= 0.6 is 0 Å². The van der Waals surface area contributed by atoms with Crippen molar-refractivity contribution in [3.63, 3.8) is 0 Å². The van der Waals surface area contributed by atoms with E-state index in [1.165, 1.54) is 5.01 Å². The summed E-state index contributed by atoms with van der Waals surface area (Å²) in [6, 6.07) is 0. The summed E-state index contributed by atoms with van der Waals surface area (Å²) in [6.45, 7) is 2.10. The van der Waals surface area contributed by atoms with Gasteiger partial charge in [0, 0.05) is 20.6 Å². The highest BCUT2D eigenvalue weighted by molar-refractivity contribution is 7.90. The molecule has 0 aromatic rings. The van der Waals surface area contributed by atoms with Gasteiger partial charge in [-0.15, -0.1) is 4.83 Å². The summed E-state index contributed by atoms with van der Waals surface area (Å²) in [4.78, 5) is 2.37. The number of nitrogens with one attached hydrogen (secondary N) is 2. The Bertz CT molecular complexity index is 213. The normalized spacial score (nSPS) is 15.1. The minimum atomic E-state index is -3.21. The van der Waals surface area contributed by atoms with Gasteiger partial charge in [0.2, 0.25) is 10.0 Å². The van der Waals surface area contributed by atoms with Crippen molar-refractivity contribution in [2.75, 3.05) is 27.7 Å². The maximum atomic E-state index is 11.3. The molecule has 5 nitrogen and oxygen atoms in total. The molecule has 74 valence electrons. The number of sulfonamides is 1. The van der Waals surface area contributed by atoms with E-state index in [-0.39, 0.29) is 0 Å². The van der Waals surface area contributed by atoms with Crippen molar-refractivity contribution < 1.29 is 8.42 Å². The fraction of sp³-hybridized carbons (Fsp3) is 1.00. The van der Waals surface area contributed by atoms with Gasteiger partial charge in [-0.2, -0.15) is 0 Å². The van der Waals surface area contributed by atoms with Crippen LogP contribution in [0.15, 0.2) is 0 Å². The van der Waals surface area contributed by atoms with Crippen molar-refractivity contribution in [3.8, 4) is 0 Å². The first kappa shape index (κ1) is 11.8. The predicted octanol–water partition coefficient (Wildman–Crippen LogP) is -1.01. The number of hydrogen-bond acceptors (Lipinski definition) is 4. The van der Waals surface area contributed by atoms with Gasteiger partial charge in [0.05, 0.1) is 5.25 Å². The van der Waals surface area contributed by atoms with Crippen LogP contribution in [0.4, 0.5) is 0 Å². The minimum absolute atomic E-state index is 0.426. The van der Waals surface area contributed by atoms with Gasteiger partial charge in [-0.25, -0.2) is 13.4 Å². The lowest BCUT2D eigenvalue weighted by Crippen LogP contribution is -2.44. The van der Waals surface area contributed by atoms with Crippen LogP contribution in [0.2, 0.25) is 0 Å². The maximum Gasteiger partial charge on any atom is 0.228 e. The molecule has 0 bridgehead atoms. The molecule has 6 heteroatoms. The minimum Gasteiger partial charge on any atom is -0.318 e. The lowest BCUT2D eigenvalue weighted by atomic mass is 10.5. The summed E-state index contributed by atoms with van der Waals surface area (Å²) >= 11 is 0. The number of hydrogen-bond donors (Lipinski definition) is 2. The second kappa shape index (κ2) is 4.76. The zero-order chi connectivity index (χ0) is 9.78. The van der Waals surface area contributed by atoms with Gasteiger partial charge >= 0.3 is 0 Å². The molecule has 12 heavy (non-hydrogen) atoms. The summed E-state index contributed by atoms with van der Waals surface area (Å²) in [7, 11) is 1.80. The predicted molar refractivity (Wildman–Crippen MR) is 49.1 cm³/mol. The lowest BCUT2D eigenvalue weighted by Gasteiger charge is -2.17. The molecule has 0 saturated heterocycles. The Kier molecular flexibility index (Phi) is 4.69. The molecule has 0 rings (SSSR count). The van der Waals surface area contributed by atoms with Crippen LogP contribution in [0.1, 0.15) is 6.92 Å². The summed E-state index contributed by atoms with van der Waals surface area (Å²) < 4.78 is 22.7. The van der Waals surface area contributed by atoms with Gasteiger partial charge in [-0.1, -0.05) is 0 Å². The van der Waals surface area contributed by atoms with Crippen molar-refractivity contribution in [3.05, 3.63) is 0 Å². The fourth-order valence-corrected chi connectivity index (χ4v) is 1.82. The molecule has 0 aromatic carbocycles. The van der Waals surface area contributed by atoms with E-state index in [0.717, 1.165) is 0 Å². The van der Waals surface area contributed by atoms with E-state index in [0.29, 0.717) is 6.54 Å². The van der Waals surface area contributed by atoms with Crippen molar-refractivity contribution in [2.45, 2.75) is 12.2 Å². The molecule has 0 saturated carbocycles. The van der Waals surface area contributed by atoms with Crippen molar-refractivity contribution >= 4 is 10.0 Å². The molecule has 2 N–H and O–H groups in total. The number of nitrogens with zero attached hydrogens (tertiary/aromatic N) is 1. The Labute approximate surface area is 74.2 Å². The molecule has 0 aliphatic rings. The molecular formula is C6H17N3O2S. The summed E-state index contributed by atoms with van der Waals surface area (Å²) in [5.41, 5.74) is 0. The molecule has 0 radical (unpaired) electrons. The van der Waals surface area contributed by atoms with Gasteiger partial charge in [0.25, 0.3) is 0 Å². The first-order chi connectivity index (χ1) is 5.40. The van der Waals surface area contributed by atoms with Gasteiger partial charge in [0.1, 0.15) is 0 Å². The highest BCUT2D eigenvalue weighted by Gasteiger charge is 2.19. The van der Waals surface area contributed by atoms with E-state index >= 15 is 0 Å². The summed E-state index contributed by atoms with van der Waals surface area (Å²) in [5, 5.41) is 3.80. The fourth-order valence-electron chi connectivity index (χ4n) is 0.742. The monoisotopic (exact) mass is 195 g/mol. The van der Waals surface area contributed by atoms with E-state index in [1.807, 2.05) is 0 Å². The largest absolute Gasteiger partial charge is 0.318 e. The third-order valence-corrected chi connectivity index (χ3v) is 3.18. The van der Waals surface area contributed by atoms with Crippen molar-refractivity contribution in [1.29, 1.82) is 0 Å². The Morgan fingerprint density at radius 1 is 1.42 bits per heavy atom. The van der Waals surface area contributed by atoms with E-state index < -0.39 is 15.3 Å². The smallest absolute Gasteiger partial charge is 0.228 e. The van der Waals surface area contributed by atoms with Gasteiger partial charge in [-0.3, -0.25) is 0 Å². The zero-order valence-corrected chi connectivity index (χ0v) is 8.77. The van der Waals surface area contributed by atoms with Gasteiger partial charge in [-0.05, 0) is 14.0 Å². The van der Waals surface area contributed by atoms with E-state index in [9.17, 15) is 8.42 Å². The molecule has 0 aliphatic carbocycles. The standard InChI is InChI=1S/C6H17N3O2S/c1-6(5-7-2)12(10,11)8-9(3)4/h6-8H,5H2,1-4H3. The third kappa shape index (κ3) is 4.01. The summed E-state index contributed by atoms with van der Waals surface area (Å²) in [5.74, 6) is 0. The average Bonchev–Trinajstić information content (AvgIpc) is 1.85. The summed E-state index contributed by atoms with van der Waals surface area (Å²) in [6.07, 6.45) is 0. The average molecular weight is 195 g/mol. The second-order valence-corrected chi connectivity index (χ2v) is 4.98. The van der Waals surface area contributed by atoms with Gasteiger partial charge in [0.15, 0.2) is 0 Å². The Hall–Kier alpha value is -0.170. The van der Waals surface area contributed by atoms with Crippen molar-refractivity contribution in [2.24, 2.45) is 0 Å². The van der Waals surface area contributed by atoms with Crippen LogP contribution in [0.5, 0.6) is 0 Å². The van der Waals surface area contributed by atoms with E-state index in [2.05, 4.69) is 10.1 Å². The molecule has 0 heterocycles. The van der Waals surface area contributed by atoms with Crippen LogP contribution in [0.25, 0.3) is 0 Å². The van der Waals surface area contributed by atoms with E-state index in [4.69, 9.17) is 0 Å². The number of hydrazine groups is 1. The molecule has 0 amide bonds. The van der Waals surface area contributed by atoms with Crippen LogP contribution in [-0.4, -0.2) is 46.4 Å².